The van der Waals surface area contributed by atoms with Gasteiger partial charge in [0.25, 0.3) is 0 Å². The zero-order chi connectivity index (χ0) is 18.4. The first-order chi connectivity index (χ1) is 12.6. The summed E-state index contributed by atoms with van der Waals surface area (Å²) in [4.78, 5) is 20.7. The number of hydrogen-bond acceptors (Lipinski definition) is 6. The Morgan fingerprint density at radius 3 is 2.50 bits per heavy atom. The summed E-state index contributed by atoms with van der Waals surface area (Å²) in [7, 11) is 0. The van der Waals surface area contributed by atoms with Crippen LogP contribution >= 0.6 is 36.2 Å². The third kappa shape index (κ3) is 7.56. The fourth-order valence-corrected chi connectivity index (χ4v) is 3.46. The van der Waals surface area contributed by atoms with Crippen LogP contribution in [0.5, 0.6) is 5.75 Å². The first-order valence-corrected chi connectivity index (χ1v) is 9.82. The molecule has 2 heterocycles. The molecule has 0 saturated carbocycles. The number of rotatable bonds is 7. The molecule has 0 bridgehead atoms. The van der Waals surface area contributed by atoms with Crippen molar-refractivity contribution in [1.82, 2.24) is 14.8 Å². The van der Waals surface area contributed by atoms with Crippen molar-refractivity contribution >= 4 is 47.2 Å². The van der Waals surface area contributed by atoms with E-state index in [1.807, 2.05) is 11.4 Å². The molecular weight excluding hydrogens is 419 g/mol. The van der Waals surface area contributed by atoms with Crippen LogP contribution in [0.2, 0.25) is 0 Å². The maximum atomic E-state index is 12.0. The fraction of sp³-hybridized carbons (Fsp3) is 0.474. The molecule has 1 aromatic carbocycles. The summed E-state index contributed by atoms with van der Waals surface area (Å²) in [6.45, 7) is 9.94. The number of halogens is 2. The fourth-order valence-electron chi connectivity index (χ4n) is 2.91. The van der Waals surface area contributed by atoms with Crippen LogP contribution < -0.4 is 10.1 Å². The van der Waals surface area contributed by atoms with Gasteiger partial charge in [-0.15, -0.1) is 36.2 Å². The summed E-state index contributed by atoms with van der Waals surface area (Å²) < 4.78 is 5.87. The van der Waals surface area contributed by atoms with E-state index in [0.29, 0.717) is 18.3 Å². The lowest BCUT2D eigenvalue weighted by atomic mass is 10.1. The number of aromatic nitrogens is 1. The van der Waals surface area contributed by atoms with Crippen LogP contribution in [0.15, 0.2) is 29.8 Å². The lowest BCUT2D eigenvalue weighted by Gasteiger charge is -2.34. The molecule has 1 aliphatic rings. The van der Waals surface area contributed by atoms with Gasteiger partial charge in [0, 0.05) is 44.3 Å². The second-order valence-corrected chi connectivity index (χ2v) is 7.49. The topological polar surface area (TPSA) is 57.7 Å². The standard InChI is InChI=1S/C19H26N4O2S.2ClH/c1-15-3-4-17(13-16(15)2)25-11-10-22-6-8-23(9-7-22)14-18(24)21-19-20-5-12-26-19;;/h3-5,12-13H,6-11,14H2,1-2H3,(H,20,21,24);2*1H. The Balaban J connectivity index is 0.00000196. The molecule has 1 aliphatic heterocycles. The molecule has 0 spiro atoms. The number of anilines is 1. The summed E-state index contributed by atoms with van der Waals surface area (Å²) in [5.41, 5.74) is 2.54. The summed E-state index contributed by atoms with van der Waals surface area (Å²) in [6.07, 6.45) is 1.69. The molecule has 0 aliphatic carbocycles. The van der Waals surface area contributed by atoms with Gasteiger partial charge in [-0.1, -0.05) is 6.07 Å². The van der Waals surface area contributed by atoms with E-state index in [9.17, 15) is 4.79 Å². The van der Waals surface area contributed by atoms with E-state index in [1.54, 1.807) is 6.20 Å². The van der Waals surface area contributed by atoms with Crippen molar-refractivity contribution in [2.24, 2.45) is 0 Å². The lowest BCUT2D eigenvalue weighted by Crippen LogP contribution is -2.49. The summed E-state index contributed by atoms with van der Waals surface area (Å²) >= 11 is 1.44. The first-order valence-electron chi connectivity index (χ1n) is 8.94. The Kier molecular flexibility index (Phi) is 10.8. The van der Waals surface area contributed by atoms with E-state index in [2.05, 4.69) is 46.1 Å². The number of nitrogens with zero attached hydrogens (tertiary/aromatic N) is 3. The van der Waals surface area contributed by atoms with Gasteiger partial charge in [-0.3, -0.25) is 14.6 Å². The van der Waals surface area contributed by atoms with Crippen LogP contribution in [0.3, 0.4) is 0 Å². The van der Waals surface area contributed by atoms with Crippen molar-refractivity contribution in [2.75, 3.05) is 51.2 Å². The van der Waals surface area contributed by atoms with E-state index in [0.717, 1.165) is 38.5 Å². The number of nitrogens with one attached hydrogen (secondary N) is 1. The van der Waals surface area contributed by atoms with Crippen LogP contribution in [0, 0.1) is 13.8 Å². The molecule has 2 aromatic rings. The van der Waals surface area contributed by atoms with Gasteiger partial charge < -0.3 is 10.1 Å². The van der Waals surface area contributed by atoms with Crippen molar-refractivity contribution in [3.63, 3.8) is 0 Å². The highest BCUT2D eigenvalue weighted by atomic mass is 35.5. The van der Waals surface area contributed by atoms with Crippen LogP contribution in [-0.4, -0.2) is 66.6 Å². The molecular formula is C19H28Cl2N4O2S. The zero-order valence-corrected chi connectivity index (χ0v) is 18.7. The van der Waals surface area contributed by atoms with E-state index in [1.165, 1.54) is 22.5 Å². The molecule has 28 heavy (non-hydrogen) atoms. The highest BCUT2D eigenvalue weighted by Crippen LogP contribution is 2.16. The van der Waals surface area contributed by atoms with Crippen LogP contribution in [-0.2, 0) is 4.79 Å². The zero-order valence-electron chi connectivity index (χ0n) is 16.2. The minimum Gasteiger partial charge on any atom is -0.492 e. The average Bonchev–Trinajstić information content (AvgIpc) is 3.12. The maximum absolute atomic E-state index is 12.0. The number of thiazole rings is 1. The van der Waals surface area contributed by atoms with E-state index in [-0.39, 0.29) is 30.7 Å². The molecule has 3 rings (SSSR count). The van der Waals surface area contributed by atoms with Gasteiger partial charge in [0.15, 0.2) is 5.13 Å². The minimum atomic E-state index is 0. The number of amides is 1. The number of piperazine rings is 1. The SMILES string of the molecule is Cc1ccc(OCCN2CCN(CC(=O)Nc3nccs3)CC2)cc1C.Cl.Cl. The van der Waals surface area contributed by atoms with Gasteiger partial charge in [-0.05, 0) is 37.1 Å². The predicted octanol–water partition coefficient (Wildman–Crippen LogP) is 3.24. The number of hydrogen-bond donors (Lipinski definition) is 1. The first kappa shape index (κ1) is 24.7. The van der Waals surface area contributed by atoms with Crippen molar-refractivity contribution in [1.29, 1.82) is 0 Å². The van der Waals surface area contributed by atoms with Crippen molar-refractivity contribution in [3.8, 4) is 5.75 Å². The Morgan fingerprint density at radius 2 is 1.86 bits per heavy atom. The third-order valence-electron chi connectivity index (χ3n) is 4.67. The van der Waals surface area contributed by atoms with Gasteiger partial charge in [0.2, 0.25) is 5.91 Å². The molecule has 1 aromatic heterocycles. The van der Waals surface area contributed by atoms with Crippen LogP contribution in [0.1, 0.15) is 11.1 Å². The van der Waals surface area contributed by atoms with Crippen LogP contribution in [0.25, 0.3) is 0 Å². The van der Waals surface area contributed by atoms with Crippen molar-refractivity contribution < 1.29 is 9.53 Å². The van der Waals surface area contributed by atoms with E-state index < -0.39 is 0 Å². The van der Waals surface area contributed by atoms with Gasteiger partial charge in [-0.25, -0.2) is 4.98 Å². The van der Waals surface area contributed by atoms with Gasteiger partial charge >= 0.3 is 0 Å². The molecule has 156 valence electrons. The predicted molar refractivity (Wildman–Crippen MR) is 120 cm³/mol. The van der Waals surface area contributed by atoms with Crippen molar-refractivity contribution in [3.05, 3.63) is 40.9 Å². The smallest absolute Gasteiger partial charge is 0.240 e. The summed E-state index contributed by atoms with van der Waals surface area (Å²) in [5, 5.41) is 5.35. The number of carbonyl (C=O) groups is 1. The Morgan fingerprint density at radius 1 is 1.14 bits per heavy atom. The largest absolute Gasteiger partial charge is 0.492 e. The van der Waals surface area contributed by atoms with Gasteiger partial charge in [0.1, 0.15) is 12.4 Å². The quantitative estimate of drug-likeness (QED) is 0.707. The summed E-state index contributed by atoms with van der Waals surface area (Å²) in [5.74, 6) is 0.942. The second-order valence-electron chi connectivity index (χ2n) is 6.60. The third-order valence-corrected chi connectivity index (χ3v) is 5.35. The van der Waals surface area contributed by atoms with Gasteiger partial charge in [-0.2, -0.15) is 0 Å². The van der Waals surface area contributed by atoms with Crippen molar-refractivity contribution in [2.45, 2.75) is 13.8 Å². The lowest BCUT2D eigenvalue weighted by molar-refractivity contribution is -0.117. The molecule has 1 saturated heterocycles. The molecule has 0 atom stereocenters. The van der Waals surface area contributed by atoms with Gasteiger partial charge in [0.05, 0.1) is 6.54 Å². The molecule has 1 fully saturated rings. The molecule has 1 amide bonds. The molecule has 1 N–H and O–H groups in total. The number of benzene rings is 1. The molecule has 9 heteroatoms. The maximum Gasteiger partial charge on any atom is 0.240 e. The highest BCUT2D eigenvalue weighted by molar-refractivity contribution is 7.13. The van der Waals surface area contributed by atoms with Crippen LogP contribution in [0.4, 0.5) is 5.13 Å². The normalized spacial score (nSPS) is 14.6. The number of carbonyl (C=O) groups excluding carboxylic acids is 1. The molecule has 6 nitrogen and oxygen atoms in total. The summed E-state index contributed by atoms with van der Waals surface area (Å²) in [6, 6.07) is 6.22. The Labute approximate surface area is 183 Å². The van der Waals surface area contributed by atoms with E-state index in [4.69, 9.17) is 4.74 Å². The molecule has 0 radical (unpaired) electrons. The molecule has 0 unspecified atom stereocenters. The second kappa shape index (κ2) is 12.2. The number of ether oxygens (including phenoxy) is 1. The van der Waals surface area contributed by atoms with E-state index >= 15 is 0 Å². The minimum absolute atomic E-state index is 0. The number of aryl methyl sites for hydroxylation is 2. The monoisotopic (exact) mass is 446 g/mol. The Hall–Kier alpha value is -1.38. The highest BCUT2D eigenvalue weighted by Gasteiger charge is 2.19. The average molecular weight is 447 g/mol. The Bertz CT molecular complexity index is 723.